The first-order valence-corrected chi connectivity index (χ1v) is 10.8. The van der Waals surface area contributed by atoms with Crippen LogP contribution in [0.1, 0.15) is 28.5 Å². The van der Waals surface area contributed by atoms with Gasteiger partial charge in [-0.3, -0.25) is 0 Å². The van der Waals surface area contributed by atoms with Gasteiger partial charge in [-0.25, -0.2) is 4.98 Å². The number of aromatic nitrogens is 3. The molecule has 0 bridgehead atoms. The number of rotatable bonds is 6. The molecule has 4 rings (SSSR count). The fraction of sp³-hybridized carbons (Fsp3) is 0.529. The van der Waals surface area contributed by atoms with Gasteiger partial charge in [0.15, 0.2) is 11.9 Å². The number of aliphatic hydroxyl groups is 1. The zero-order valence-corrected chi connectivity index (χ0v) is 16.4. The van der Waals surface area contributed by atoms with Gasteiger partial charge in [0.1, 0.15) is 37.6 Å². The number of thiazole rings is 1. The molecule has 0 radical (unpaired) electrons. The number of thiophene rings is 1. The van der Waals surface area contributed by atoms with E-state index >= 15 is 0 Å². The molecule has 0 unspecified atom stereocenters. The molecule has 1 aliphatic rings. The summed E-state index contributed by atoms with van der Waals surface area (Å²) in [5.41, 5.74) is 0. The molecular formula is C17H25N5O2S2+2. The van der Waals surface area contributed by atoms with E-state index in [0.29, 0.717) is 0 Å². The molecule has 1 atom stereocenters. The van der Waals surface area contributed by atoms with Gasteiger partial charge in [0, 0.05) is 6.42 Å². The summed E-state index contributed by atoms with van der Waals surface area (Å²) in [6, 6.07) is 4.34. The highest BCUT2D eigenvalue weighted by molar-refractivity contribution is 7.17. The van der Waals surface area contributed by atoms with Crippen LogP contribution in [-0.2, 0) is 6.42 Å². The van der Waals surface area contributed by atoms with Crippen molar-refractivity contribution in [1.82, 2.24) is 14.6 Å². The van der Waals surface area contributed by atoms with Crippen LogP contribution in [0.3, 0.4) is 0 Å². The van der Waals surface area contributed by atoms with Crippen LogP contribution < -0.4 is 9.80 Å². The van der Waals surface area contributed by atoms with E-state index in [1.807, 2.05) is 6.92 Å². The number of fused-ring (bicyclic) bond motifs is 1. The monoisotopic (exact) mass is 395 g/mol. The minimum Gasteiger partial charge on any atom is -0.492 e. The Balaban J connectivity index is 1.67. The Morgan fingerprint density at radius 1 is 1.31 bits per heavy atom. The Morgan fingerprint density at radius 3 is 2.73 bits per heavy atom. The summed E-state index contributed by atoms with van der Waals surface area (Å²) in [5, 5.41) is 26.6. The third-order valence-corrected chi connectivity index (χ3v) is 7.14. The van der Waals surface area contributed by atoms with Gasteiger partial charge in [0.05, 0.1) is 11.5 Å². The van der Waals surface area contributed by atoms with E-state index in [-0.39, 0.29) is 18.5 Å². The predicted octanol–water partition coefficient (Wildman–Crippen LogP) is -1.01. The fourth-order valence-electron chi connectivity index (χ4n) is 3.72. The van der Waals surface area contributed by atoms with Crippen molar-refractivity contribution in [2.24, 2.45) is 0 Å². The van der Waals surface area contributed by atoms with Crippen molar-refractivity contribution in [3.05, 3.63) is 33.1 Å². The molecule has 0 aromatic carbocycles. The van der Waals surface area contributed by atoms with Crippen molar-refractivity contribution in [2.45, 2.75) is 19.4 Å². The zero-order chi connectivity index (χ0) is 18.1. The predicted molar refractivity (Wildman–Crippen MR) is 101 cm³/mol. The highest BCUT2D eigenvalue weighted by Crippen LogP contribution is 2.36. The van der Waals surface area contributed by atoms with Gasteiger partial charge in [0.25, 0.3) is 0 Å². The molecule has 0 amide bonds. The first-order chi connectivity index (χ1) is 12.7. The summed E-state index contributed by atoms with van der Waals surface area (Å²) in [7, 11) is 0. The summed E-state index contributed by atoms with van der Waals surface area (Å²) in [4.78, 5) is 10.4. The molecule has 7 nitrogen and oxygen atoms in total. The number of piperazine rings is 1. The Hall–Kier alpha value is -1.52. The number of aliphatic hydroxyl groups excluding tert-OH is 1. The van der Waals surface area contributed by atoms with Crippen LogP contribution in [0.5, 0.6) is 5.88 Å². The molecule has 4 N–H and O–H groups in total. The Kier molecular flexibility index (Phi) is 5.23. The SMILES string of the molecule is CCc1nc2sc([C@@H](c3cccs3)[NH+]3CC[NH+](CCO)CC3)c(O)n2n1. The maximum Gasteiger partial charge on any atom is 0.235 e. The van der Waals surface area contributed by atoms with Gasteiger partial charge in [-0.05, 0) is 11.4 Å². The summed E-state index contributed by atoms with van der Waals surface area (Å²) in [6.45, 7) is 7.20. The summed E-state index contributed by atoms with van der Waals surface area (Å²) >= 11 is 3.29. The molecule has 0 saturated carbocycles. The van der Waals surface area contributed by atoms with Gasteiger partial charge in [-0.15, -0.1) is 16.4 Å². The smallest absolute Gasteiger partial charge is 0.235 e. The lowest BCUT2D eigenvalue weighted by Crippen LogP contribution is -3.28. The lowest BCUT2D eigenvalue weighted by molar-refractivity contribution is -1.02. The molecule has 26 heavy (non-hydrogen) atoms. The third kappa shape index (κ3) is 3.25. The molecular weight excluding hydrogens is 370 g/mol. The molecule has 0 aliphatic carbocycles. The van der Waals surface area contributed by atoms with Crippen molar-refractivity contribution in [1.29, 1.82) is 0 Å². The molecule has 4 heterocycles. The Labute approximate surface area is 160 Å². The average Bonchev–Trinajstić information content (AvgIpc) is 3.37. The van der Waals surface area contributed by atoms with Crippen molar-refractivity contribution in [3.8, 4) is 5.88 Å². The summed E-state index contributed by atoms with van der Waals surface area (Å²) < 4.78 is 1.59. The summed E-state index contributed by atoms with van der Waals surface area (Å²) in [5.74, 6) is 0.993. The first-order valence-electron chi connectivity index (χ1n) is 9.11. The molecule has 0 spiro atoms. The van der Waals surface area contributed by atoms with Gasteiger partial charge >= 0.3 is 0 Å². The highest BCUT2D eigenvalue weighted by Gasteiger charge is 2.36. The lowest BCUT2D eigenvalue weighted by Gasteiger charge is -2.33. The van der Waals surface area contributed by atoms with Crippen LogP contribution >= 0.6 is 22.7 Å². The average molecular weight is 396 g/mol. The topological polar surface area (TPSA) is 79.5 Å². The molecule has 3 aromatic rings. The molecule has 1 aliphatic heterocycles. The second-order valence-electron chi connectivity index (χ2n) is 6.70. The standard InChI is InChI=1S/C17H23N5O2S2/c1-2-13-18-17-22(19-13)16(24)15(26-17)14(12-4-3-11-25-12)21-7-5-20(6-8-21)9-10-23/h3-4,11,14,23-24H,2,5-10H2,1H3/p+2/t14-/m1/s1. The van der Waals surface area contributed by atoms with E-state index < -0.39 is 0 Å². The quantitative estimate of drug-likeness (QED) is 0.431. The largest absolute Gasteiger partial charge is 0.492 e. The van der Waals surface area contributed by atoms with Crippen LogP contribution in [0.25, 0.3) is 4.96 Å². The number of nitrogens with one attached hydrogen (secondary N) is 2. The maximum atomic E-state index is 10.9. The number of hydrogen-bond donors (Lipinski definition) is 4. The third-order valence-electron chi connectivity index (χ3n) is 5.12. The van der Waals surface area contributed by atoms with Gasteiger partial charge < -0.3 is 20.0 Å². The van der Waals surface area contributed by atoms with Crippen molar-refractivity contribution >= 4 is 27.6 Å². The molecule has 3 aromatic heterocycles. The molecule has 9 heteroatoms. The van der Waals surface area contributed by atoms with E-state index in [1.54, 1.807) is 27.2 Å². The van der Waals surface area contributed by atoms with Crippen LogP contribution in [0.4, 0.5) is 0 Å². The number of aromatic hydroxyl groups is 1. The minimum atomic E-state index is 0.115. The van der Waals surface area contributed by atoms with Crippen molar-refractivity contribution in [3.63, 3.8) is 0 Å². The van der Waals surface area contributed by atoms with E-state index in [9.17, 15) is 10.2 Å². The van der Waals surface area contributed by atoms with Crippen molar-refractivity contribution in [2.75, 3.05) is 39.3 Å². The summed E-state index contributed by atoms with van der Waals surface area (Å²) in [6.07, 6.45) is 0.762. The molecule has 1 fully saturated rings. The Morgan fingerprint density at radius 2 is 2.12 bits per heavy atom. The zero-order valence-electron chi connectivity index (χ0n) is 14.8. The van der Waals surface area contributed by atoms with Gasteiger partial charge in [-0.2, -0.15) is 4.52 Å². The lowest BCUT2D eigenvalue weighted by atomic mass is 10.1. The maximum absolute atomic E-state index is 10.9. The van der Waals surface area contributed by atoms with E-state index in [4.69, 9.17) is 0 Å². The molecule has 140 valence electrons. The van der Waals surface area contributed by atoms with E-state index in [1.165, 1.54) is 14.7 Å². The fourth-order valence-corrected chi connectivity index (χ4v) is 5.84. The number of hydrogen-bond acceptors (Lipinski definition) is 6. The number of nitrogens with zero attached hydrogens (tertiary/aromatic N) is 3. The van der Waals surface area contributed by atoms with Crippen LogP contribution in [-0.4, -0.2) is 64.1 Å². The van der Waals surface area contributed by atoms with Crippen molar-refractivity contribution < 1.29 is 20.0 Å². The normalized spacial score (nSPS) is 22.1. The van der Waals surface area contributed by atoms with Crippen LogP contribution in [0.15, 0.2) is 17.5 Å². The molecule has 1 saturated heterocycles. The van der Waals surface area contributed by atoms with E-state index in [0.717, 1.165) is 54.8 Å². The Bertz CT molecular complexity index is 852. The van der Waals surface area contributed by atoms with Gasteiger partial charge in [0.2, 0.25) is 10.8 Å². The first kappa shape index (κ1) is 17.9. The van der Waals surface area contributed by atoms with Crippen LogP contribution in [0.2, 0.25) is 0 Å². The van der Waals surface area contributed by atoms with Crippen LogP contribution in [0, 0.1) is 0 Å². The highest BCUT2D eigenvalue weighted by atomic mass is 32.1. The number of quaternary nitrogens is 2. The second-order valence-corrected chi connectivity index (χ2v) is 8.68. The number of aryl methyl sites for hydroxylation is 1. The second kappa shape index (κ2) is 7.61. The minimum absolute atomic E-state index is 0.115. The van der Waals surface area contributed by atoms with E-state index in [2.05, 4.69) is 27.6 Å². The van der Waals surface area contributed by atoms with Gasteiger partial charge in [-0.1, -0.05) is 24.3 Å².